The predicted octanol–water partition coefficient (Wildman–Crippen LogP) is 4.84. The average Bonchev–Trinajstić information content (AvgIpc) is 3.50. The number of hydrogen-bond donors (Lipinski definition) is 1. The minimum Gasteiger partial charge on any atom is -0.493 e. The topological polar surface area (TPSA) is 74.6 Å². The molecule has 4 rings (SSSR count). The highest BCUT2D eigenvalue weighted by atomic mass is 16.5. The van der Waals surface area contributed by atoms with Crippen molar-refractivity contribution in [3.05, 3.63) is 65.9 Å². The summed E-state index contributed by atoms with van der Waals surface area (Å²) in [6.45, 7) is 0.448. The van der Waals surface area contributed by atoms with Gasteiger partial charge in [-0.25, -0.2) is 4.68 Å². The van der Waals surface area contributed by atoms with E-state index in [0.29, 0.717) is 42.8 Å². The lowest BCUT2D eigenvalue weighted by atomic mass is 10.1. The first kappa shape index (κ1) is 22.7. The highest BCUT2D eigenvalue weighted by Gasteiger charge is 2.17. The maximum atomic E-state index is 12.6. The van der Waals surface area contributed by atoms with E-state index in [1.54, 1.807) is 31.2 Å². The van der Waals surface area contributed by atoms with Gasteiger partial charge in [-0.05, 0) is 55.9 Å². The first-order valence-electron chi connectivity index (χ1n) is 11.4. The smallest absolute Gasteiger partial charge is 0.225 e. The van der Waals surface area contributed by atoms with Crippen LogP contribution in [0.15, 0.2) is 54.7 Å². The van der Waals surface area contributed by atoms with Crippen molar-refractivity contribution >= 4 is 11.7 Å². The minimum atomic E-state index is -0.0588. The number of rotatable bonds is 10. The largest absolute Gasteiger partial charge is 0.493 e. The molecule has 1 amide bonds. The van der Waals surface area contributed by atoms with Crippen LogP contribution < -0.4 is 19.5 Å². The van der Waals surface area contributed by atoms with Gasteiger partial charge in [0.05, 0.1) is 33.1 Å². The van der Waals surface area contributed by atoms with Crippen LogP contribution in [-0.2, 0) is 17.8 Å². The summed E-state index contributed by atoms with van der Waals surface area (Å²) in [7, 11) is 3.22. The lowest BCUT2D eigenvalue weighted by Crippen LogP contribution is -2.17. The Hall–Kier alpha value is -3.48. The van der Waals surface area contributed by atoms with Crippen molar-refractivity contribution < 1.29 is 19.0 Å². The standard InChI is InChI=1S/C26H31N3O4/c1-31-23-12-6-8-20(26(23)32-2)18-29-24(15-16-27-29)28-25(30)14-13-19-7-5-11-22(17-19)33-21-9-3-4-10-21/h5-8,11-12,15-17,21H,3-4,9-10,13-14,18H2,1-2H3,(H,28,30). The van der Waals surface area contributed by atoms with E-state index in [2.05, 4.69) is 10.4 Å². The van der Waals surface area contributed by atoms with Crippen LogP contribution in [0.5, 0.6) is 17.2 Å². The number of para-hydroxylation sites is 1. The van der Waals surface area contributed by atoms with E-state index >= 15 is 0 Å². The molecule has 7 nitrogen and oxygen atoms in total. The second-order valence-corrected chi connectivity index (χ2v) is 8.25. The van der Waals surface area contributed by atoms with E-state index in [4.69, 9.17) is 14.2 Å². The van der Waals surface area contributed by atoms with E-state index < -0.39 is 0 Å². The second kappa shape index (κ2) is 10.9. The van der Waals surface area contributed by atoms with E-state index in [0.717, 1.165) is 29.7 Å². The Morgan fingerprint density at radius 2 is 1.91 bits per heavy atom. The number of hydrogen-bond acceptors (Lipinski definition) is 5. The Bertz CT molecular complexity index is 1070. The number of aryl methyl sites for hydroxylation is 1. The van der Waals surface area contributed by atoms with Crippen molar-refractivity contribution in [2.45, 2.75) is 51.2 Å². The number of amides is 1. The molecule has 33 heavy (non-hydrogen) atoms. The number of ether oxygens (including phenoxy) is 3. The third kappa shape index (κ3) is 5.86. The molecule has 1 N–H and O–H groups in total. The van der Waals surface area contributed by atoms with Crippen molar-refractivity contribution in [3.8, 4) is 17.2 Å². The lowest BCUT2D eigenvalue weighted by molar-refractivity contribution is -0.116. The highest BCUT2D eigenvalue weighted by molar-refractivity contribution is 5.90. The Kier molecular flexibility index (Phi) is 7.50. The third-order valence-corrected chi connectivity index (χ3v) is 5.93. The van der Waals surface area contributed by atoms with Crippen molar-refractivity contribution in [2.24, 2.45) is 0 Å². The molecule has 0 unspecified atom stereocenters. The zero-order valence-electron chi connectivity index (χ0n) is 19.3. The summed E-state index contributed by atoms with van der Waals surface area (Å²) >= 11 is 0. The van der Waals surface area contributed by atoms with Gasteiger partial charge < -0.3 is 19.5 Å². The van der Waals surface area contributed by atoms with Crippen molar-refractivity contribution in [1.29, 1.82) is 0 Å². The zero-order chi connectivity index (χ0) is 23.0. The first-order chi connectivity index (χ1) is 16.2. The minimum absolute atomic E-state index is 0.0588. The maximum Gasteiger partial charge on any atom is 0.225 e. The Morgan fingerprint density at radius 1 is 1.09 bits per heavy atom. The number of benzene rings is 2. The first-order valence-corrected chi connectivity index (χ1v) is 11.4. The van der Waals surface area contributed by atoms with Crippen LogP contribution in [0, 0.1) is 0 Å². The molecule has 1 saturated carbocycles. The fourth-order valence-corrected chi connectivity index (χ4v) is 4.24. The third-order valence-electron chi connectivity index (χ3n) is 5.93. The van der Waals surface area contributed by atoms with E-state index in [9.17, 15) is 4.79 Å². The quantitative estimate of drug-likeness (QED) is 0.479. The van der Waals surface area contributed by atoms with E-state index in [-0.39, 0.29) is 5.91 Å². The van der Waals surface area contributed by atoms with Crippen LogP contribution in [0.1, 0.15) is 43.2 Å². The molecule has 0 atom stereocenters. The normalized spacial score (nSPS) is 13.6. The van der Waals surface area contributed by atoms with E-state index in [1.807, 2.05) is 42.5 Å². The number of carbonyl (C=O) groups is 1. The predicted molar refractivity (Wildman–Crippen MR) is 127 cm³/mol. The summed E-state index contributed by atoms with van der Waals surface area (Å²) < 4.78 is 18.7. The van der Waals surface area contributed by atoms with Gasteiger partial charge in [0.15, 0.2) is 11.5 Å². The fraction of sp³-hybridized carbons (Fsp3) is 0.385. The molecular formula is C26H31N3O4. The molecule has 1 aromatic heterocycles. The molecule has 174 valence electrons. The van der Waals surface area contributed by atoms with Crippen molar-refractivity contribution in [2.75, 3.05) is 19.5 Å². The fourth-order valence-electron chi connectivity index (χ4n) is 4.24. The summed E-state index contributed by atoms with van der Waals surface area (Å²) in [5, 5.41) is 7.34. The molecule has 1 aliphatic rings. The Balaban J connectivity index is 1.34. The van der Waals surface area contributed by atoms with Crippen LogP contribution in [0.3, 0.4) is 0 Å². The number of anilines is 1. The SMILES string of the molecule is COc1cccc(Cn2nccc2NC(=O)CCc2cccc(OC3CCCC3)c2)c1OC. The molecule has 0 bridgehead atoms. The molecular weight excluding hydrogens is 418 g/mol. The number of methoxy groups -OCH3 is 2. The Labute approximate surface area is 194 Å². The summed E-state index contributed by atoms with van der Waals surface area (Å²) in [5.41, 5.74) is 2.00. The molecule has 1 aliphatic carbocycles. The Morgan fingerprint density at radius 3 is 2.70 bits per heavy atom. The number of aromatic nitrogens is 2. The molecule has 0 aliphatic heterocycles. The molecule has 0 radical (unpaired) electrons. The monoisotopic (exact) mass is 449 g/mol. The maximum absolute atomic E-state index is 12.6. The van der Waals surface area contributed by atoms with Crippen LogP contribution in [0.25, 0.3) is 0 Å². The highest BCUT2D eigenvalue weighted by Crippen LogP contribution is 2.31. The van der Waals surface area contributed by atoms with Crippen LogP contribution in [0.2, 0.25) is 0 Å². The molecule has 1 fully saturated rings. The molecule has 2 aromatic carbocycles. The molecule has 0 spiro atoms. The van der Waals surface area contributed by atoms with Crippen molar-refractivity contribution in [3.63, 3.8) is 0 Å². The molecule has 7 heteroatoms. The summed E-state index contributed by atoms with van der Waals surface area (Å²) in [5.74, 6) is 2.80. The van der Waals surface area contributed by atoms with Gasteiger partial charge in [0.25, 0.3) is 0 Å². The van der Waals surface area contributed by atoms with Gasteiger partial charge in [-0.2, -0.15) is 5.10 Å². The van der Waals surface area contributed by atoms with Gasteiger partial charge in [0.2, 0.25) is 5.91 Å². The molecule has 1 heterocycles. The summed E-state index contributed by atoms with van der Waals surface area (Å²) in [4.78, 5) is 12.6. The van der Waals surface area contributed by atoms with Crippen LogP contribution in [0.4, 0.5) is 5.82 Å². The van der Waals surface area contributed by atoms with Gasteiger partial charge in [0, 0.05) is 18.1 Å². The van der Waals surface area contributed by atoms with Crippen LogP contribution in [-0.4, -0.2) is 36.0 Å². The second-order valence-electron chi connectivity index (χ2n) is 8.25. The molecule has 0 saturated heterocycles. The van der Waals surface area contributed by atoms with Gasteiger partial charge >= 0.3 is 0 Å². The number of nitrogens with zero attached hydrogens (tertiary/aromatic N) is 2. The van der Waals surface area contributed by atoms with Gasteiger partial charge in [0.1, 0.15) is 11.6 Å². The summed E-state index contributed by atoms with van der Waals surface area (Å²) in [6.07, 6.45) is 7.76. The number of carbonyl (C=O) groups excluding carboxylic acids is 1. The zero-order valence-corrected chi connectivity index (χ0v) is 19.3. The summed E-state index contributed by atoms with van der Waals surface area (Å²) in [6, 6.07) is 15.6. The van der Waals surface area contributed by atoms with Gasteiger partial charge in [-0.3, -0.25) is 4.79 Å². The van der Waals surface area contributed by atoms with Crippen LogP contribution >= 0.6 is 0 Å². The molecule has 3 aromatic rings. The van der Waals surface area contributed by atoms with Gasteiger partial charge in [-0.15, -0.1) is 0 Å². The van der Waals surface area contributed by atoms with Crippen molar-refractivity contribution in [1.82, 2.24) is 9.78 Å². The van der Waals surface area contributed by atoms with Gasteiger partial charge in [-0.1, -0.05) is 24.3 Å². The number of nitrogens with one attached hydrogen (secondary N) is 1. The average molecular weight is 450 g/mol. The lowest BCUT2D eigenvalue weighted by Gasteiger charge is -2.14. The van der Waals surface area contributed by atoms with E-state index in [1.165, 1.54) is 12.8 Å².